The van der Waals surface area contributed by atoms with Gasteiger partial charge in [-0.1, -0.05) is 62.9 Å². The Kier molecular flexibility index (Phi) is 7.48. The molecule has 1 amide bonds. The second-order valence-corrected chi connectivity index (χ2v) is 10.5. The molecule has 3 aromatic rings. The van der Waals surface area contributed by atoms with Crippen LogP contribution in [0.3, 0.4) is 0 Å². The molecule has 33 heavy (non-hydrogen) atoms. The fraction of sp³-hybridized carbons (Fsp3) is 0.370. The average Bonchev–Trinajstić information content (AvgIpc) is 2.75. The summed E-state index contributed by atoms with van der Waals surface area (Å²) in [5, 5.41) is 3.45. The molecule has 0 aliphatic heterocycles. The summed E-state index contributed by atoms with van der Waals surface area (Å²) in [4.78, 5) is 30.1. The minimum absolute atomic E-state index is 0.0699. The Hall–Kier alpha value is -2.86. The van der Waals surface area contributed by atoms with Crippen LogP contribution in [0, 0.1) is 20.8 Å². The van der Waals surface area contributed by atoms with Gasteiger partial charge in [-0.25, -0.2) is 4.98 Å². The highest BCUT2D eigenvalue weighted by atomic mass is 32.2. The predicted molar refractivity (Wildman–Crippen MR) is 137 cm³/mol. The number of carbonyl (C=O) groups is 1. The minimum atomic E-state index is -0.127. The molecule has 6 heteroatoms. The van der Waals surface area contributed by atoms with Crippen molar-refractivity contribution < 1.29 is 4.79 Å². The van der Waals surface area contributed by atoms with E-state index in [9.17, 15) is 9.59 Å². The molecule has 0 fully saturated rings. The third-order valence-electron chi connectivity index (χ3n) is 5.87. The molecule has 0 bridgehead atoms. The van der Waals surface area contributed by atoms with Gasteiger partial charge in [-0.05, 0) is 60.6 Å². The monoisotopic (exact) mass is 463 g/mol. The molecule has 2 aromatic carbocycles. The van der Waals surface area contributed by atoms with Gasteiger partial charge in [0.2, 0.25) is 5.91 Å². The summed E-state index contributed by atoms with van der Waals surface area (Å²) < 4.78 is 1.54. The second kappa shape index (κ2) is 9.96. The van der Waals surface area contributed by atoms with E-state index in [-0.39, 0.29) is 22.6 Å². The molecule has 0 saturated heterocycles. The van der Waals surface area contributed by atoms with E-state index in [0.717, 1.165) is 16.8 Å². The van der Waals surface area contributed by atoms with Crippen LogP contribution >= 0.6 is 11.8 Å². The van der Waals surface area contributed by atoms with Crippen LogP contribution in [-0.2, 0) is 23.7 Å². The van der Waals surface area contributed by atoms with Gasteiger partial charge in [-0.3, -0.25) is 14.2 Å². The molecule has 3 rings (SSSR count). The average molecular weight is 464 g/mol. The molecule has 174 valence electrons. The topological polar surface area (TPSA) is 64.0 Å². The van der Waals surface area contributed by atoms with E-state index in [1.807, 2.05) is 39.0 Å². The van der Waals surface area contributed by atoms with Gasteiger partial charge >= 0.3 is 0 Å². The van der Waals surface area contributed by atoms with Crippen molar-refractivity contribution in [2.75, 3.05) is 11.1 Å². The molecule has 1 aromatic heterocycles. The lowest BCUT2D eigenvalue weighted by Gasteiger charge is -2.19. The van der Waals surface area contributed by atoms with Crippen molar-refractivity contribution in [1.82, 2.24) is 9.55 Å². The number of hydrogen-bond donors (Lipinski definition) is 1. The largest absolute Gasteiger partial charge is 0.325 e. The second-order valence-electron chi connectivity index (χ2n) is 9.58. The number of rotatable bonds is 6. The molecule has 0 unspecified atom stereocenters. The summed E-state index contributed by atoms with van der Waals surface area (Å²) in [6.07, 6.45) is 0.536. The Morgan fingerprint density at radius 3 is 2.30 bits per heavy atom. The summed E-state index contributed by atoms with van der Waals surface area (Å²) >= 11 is 1.27. The minimum Gasteiger partial charge on any atom is -0.325 e. The zero-order valence-corrected chi connectivity index (χ0v) is 21.4. The third-order valence-corrected chi connectivity index (χ3v) is 6.90. The van der Waals surface area contributed by atoms with E-state index in [0.29, 0.717) is 22.8 Å². The Bertz CT molecular complexity index is 1220. The van der Waals surface area contributed by atoms with Gasteiger partial charge in [0.25, 0.3) is 5.56 Å². The Balaban J connectivity index is 1.70. The number of nitrogens with one attached hydrogen (secondary N) is 1. The van der Waals surface area contributed by atoms with E-state index in [2.05, 4.69) is 55.3 Å². The first kappa shape index (κ1) is 24.8. The fourth-order valence-corrected chi connectivity index (χ4v) is 4.35. The first-order chi connectivity index (χ1) is 15.5. The summed E-state index contributed by atoms with van der Waals surface area (Å²) in [5.74, 6) is 0.0541. The third kappa shape index (κ3) is 6.14. The van der Waals surface area contributed by atoms with E-state index in [1.165, 1.54) is 22.9 Å². The first-order valence-corrected chi connectivity index (χ1v) is 12.1. The van der Waals surface area contributed by atoms with Crippen LogP contribution < -0.4 is 10.9 Å². The Morgan fingerprint density at radius 1 is 1.03 bits per heavy atom. The summed E-state index contributed by atoms with van der Waals surface area (Å²) in [5.41, 5.74) is 6.84. The maximum Gasteiger partial charge on any atom is 0.257 e. The lowest BCUT2D eigenvalue weighted by atomic mass is 9.86. The van der Waals surface area contributed by atoms with Crippen molar-refractivity contribution in [3.63, 3.8) is 0 Å². The van der Waals surface area contributed by atoms with Crippen molar-refractivity contribution >= 4 is 23.4 Å². The zero-order valence-electron chi connectivity index (χ0n) is 20.6. The van der Waals surface area contributed by atoms with E-state index in [4.69, 9.17) is 0 Å². The number of carbonyl (C=O) groups excluding carboxylic acids is 1. The number of aromatic nitrogens is 2. The lowest BCUT2D eigenvalue weighted by molar-refractivity contribution is -0.113. The number of benzene rings is 2. The highest BCUT2D eigenvalue weighted by Crippen LogP contribution is 2.23. The van der Waals surface area contributed by atoms with E-state index >= 15 is 0 Å². The molecule has 0 atom stereocenters. The Labute approximate surface area is 200 Å². The van der Waals surface area contributed by atoms with Crippen molar-refractivity contribution in [2.24, 2.45) is 7.05 Å². The van der Waals surface area contributed by atoms with Gasteiger partial charge in [-0.15, -0.1) is 0 Å². The number of anilines is 1. The quantitative estimate of drug-likeness (QED) is 0.397. The van der Waals surface area contributed by atoms with Crippen LogP contribution in [0.1, 0.15) is 54.3 Å². The van der Waals surface area contributed by atoms with Gasteiger partial charge in [-0.2, -0.15) is 0 Å². The molecule has 0 aliphatic carbocycles. The summed E-state index contributed by atoms with van der Waals surface area (Å²) in [6, 6.07) is 14.3. The highest BCUT2D eigenvalue weighted by Gasteiger charge is 2.16. The standard InChI is InChI=1S/C27H33N3O2S/c1-17-8-13-22(14-18(17)2)29-24(31)16-33-26-28-19(3)23(25(32)30(26)7)15-20-9-11-21(12-10-20)27(4,5)6/h8-14H,15-16H2,1-7H3,(H,29,31). The van der Waals surface area contributed by atoms with Gasteiger partial charge < -0.3 is 5.32 Å². The van der Waals surface area contributed by atoms with Gasteiger partial charge in [0.1, 0.15) is 0 Å². The molecule has 0 spiro atoms. The molecule has 0 radical (unpaired) electrons. The van der Waals surface area contributed by atoms with Crippen molar-refractivity contribution in [2.45, 2.75) is 58.5 Å². The summed E-state index contributed by atoms with van der Waals surface area (Å²) in [7, 11) is 1.71. The van der Waals surface area contributed by atoms with Crippen LogP contribution in [0.2, 0.25) is 0 Å². The van der Waals surface area contributed by atoms with Crippen molar-refractivity contribution in [3.05, 3.63) is 86.3 Å². The van der Waals surface area contributed by atoms with Crippen LogP contribution in [0.4, 0.5) is 5.69 Å². The van der Waals surface area contributed by atoms with Gasteiger partial charge in [0.15, 0.2) is 5.16 Å². The molecule has 0 saturated carbocycles. The van der Waals surface area contributed by atoms with Crippen LogP contribution in [-0.4, -0.2) is 21.2 Å². The van der Waals surface area contributed by atoms with Gasteiger partial charge in [0, 0.05) is 30.4 Å². The van der Waals surface area contributed by atoms with Crippen molar-refractivity contribution in [3.8, 4) is 0 Å². The number of aryl methyl sites for hydroxylation is 3. The SMILES string of the molecule is Cc1ccc(NC(=O)CSc2nc(C)c(Cc3ccc(C(C)(C)C)cc3)c(=O)n2C)cc1C. The van der Waals surface area contributed by atoms with Crippen molar-refractivity contribution in [1.29, 1.82) is 0 Å². The Morgan fingerprint density at radius 2 is 1.70 bits per heavy atom. The number of amides is 1. The van der Waals surface area contributed by atoms with Crippen LogP contribution in [0.15, 0.2) is 52.4 Å². The molecule has 5 nitrogen and oxygen atoms in total. The van der Waals surface area contributed by atoms with E-state index in [1.54, 1.807) is 11.6 Å². The first-order valence-electron chi connectivity index (χ1n) is 11.1. The molecule has 1 N–H and O–H groups in total. The molecular formula is C27H33N3O2S. The van der Waals surface area contributed by atoms with Crippen LogP contribution in [0.5, 0.6) is 0 Å². The van der Waals surface area contributed by atoms with Crippen LogP contribution in [0.25, 0.3) is 0 Å². The molecular weight excluding hydrogens is 430 g/mol. The van der Waals surface area contributed by atoms with E-state index < -0.39 is 0 Å². The normalized spacial score (nSPS) is 11.5. The molecule has 0 aliphatic rings. The number of hydrogen-bond acceptors (Lipinski definition) is 4. The van der Waals surface area contributed by atoms with Gasteiger partial charge in [0.05, 0.1) is 5.75 Å². The maximum absolute atomic E-state index is 13.1. The predicted octanol–water partition coefficient (Wildman–Crippen LogP) is 5.32. The summed E-state index contributed by atoms with van der Waals surface area (Å²) in [6.45, 7) is 12.5. The zero-order chi connectivity index (χ0) is 24.3. The number of thioether (sulfide) groups is 1. The fourth-order valence-electron chi connectivity index (χ4n) is 3.54. The smallest absolute Gasteiger partial charge is 0.257 e. The maximum atomic E-state index is 13.1. The molecule has 1 heterocycles. The lowest BCUT2D eigenvalue weighted by Crippen LogP contribution is -2.26. The number of nitrogens with zero attached hydrogens (tertiary/aromatic N) is 2. The highest BCUT2D eigenvalue weighted by molar-refractivity contribution is 7.99.